The van der Waals surface area contributed by atoms with Crippen molar-refractivity contribution in [2.24, 2.45) is 0 Å². The van der Waals surface area contributed by atoms with Crippen molar-refractivity contribution < 1.29 is 24.5 Å². The number of carboxylic acid groups (broad SMARTS) is 2. The van der Waals surface area contributed by atoms with Crippen LogP contribution in [0.15, 0.2) is 24.3 Å². The third-order valence-electron chi connectivity index (χ3n) is 4.08. The number of carboxylic acids is 2. The van der Waals surface area contributed by atoms with Crippen LogP contribution in [0.3, 0.4) is 0 Å². The van der Waals surface area contributed by atoms with E-state index in [0.29, 0.717) is 16.7 Å². The van der Waals surface area contributed by atoms with E-state index < -0.39 is 11.9 Å². The van der Waals surface area contributed by atoms with Gasteiger partial charge in [-0.25, -0.2) is 14.6 Å². The number of nitrogens with zero attached hydrogens (tertiary/aromatic N) is 1. The molecule has 0 atom stereocenters. The van der Waals surface area contributed by atoms with Gasteiger partial charge in [0.25, 0.3) is 0 Å². The van der Waals surface area contributed by atoms with Crippen LogP contribution in [0.25, 0.3) is 10.9 Å². The molecule has 0 bridgehead atoms. The highest BCUT2D eigenvalue weighted by atomic mass is 16.5. The Bertz CT molecular complexity index is 765. The maximum absolute atomic E-state index is 11.4. The molecule has 23 heavy (non-hydrogen) atoms. The second kappa shape index (κ2) is 6.24. The van der Waals surface area contributed by atoms with Crippen LogP contribution in [0.2, 0.25) is 0 Å². The molecule has 2 aromatic rings. The maximum Gasteiger partial charge on any atom is 0.354 e. The standard InChI is InChI=1S/C17H17NO5/c19-16(20)13-9-15(17(21)22)18-14-7-6-11(8-12(13)14)23-10-4-2-1-3-5-10/h6-10H,1-5H2,(H,19,20)(H,21,22). The molecule has 6 nitrogen and oxygen atoms in total. The quantitative estimate of drug-likeness (QED) is 0.898. The molecule has 0 saturated heterocycles. The van der Waals surface area contributed by atoms with Gasteiger partial charge in [-0.2, -0.15) is 0 Å². The first-order valence-electron chi connectivity index (χ1n) is 7.62. The van der Waals surface area contributed by atoms with Gasteiger partial charge in [0.2, 0.25) is 0 Å². The van der Waals surface area contributed by atoms with Gasteiger partial charge in [0.1, 0.15) is 11.4 Å². The first-order chi connectivity index (χ1) is 11.0. The number of aromatic nitrogens is 1. The predicted octanol–water partition coefficient (Wildman–Crippen LogP) is 3.34. The molecule has 0 amide bonds. The number of hydrogen-bond donors (Lipinski definition) is 2. The van der Waals surface area contributed by atoms with E-state index >= 15 is 0 Å². The van der Waals surface area contributed by atoms with Crippen molar-refractivity contribution in [3.05, 3.63) is 35.5 Å². The zero-order valence-electron chi connectivity index (χ0n) is 12.5. The summed E-state index contributed by atoms with van der Waals surface area (Å²) in [6.07, 6.45) is 5.66. The molecular formula is C17H17NO5. The molecule has 0 radical (unpaired) electrons. The average Bonchev–Trinajstić information content (AvgIpc) is 2.54. The summed E-state index contributed by atoms with van der Waals surface area (Å²) in [6.45, 7) is 0. The van der Waals surface area contributed by atoms with Crippen molar-refractivity contribution in [3.63, 3.8) is 0 Å². The molecule has 1 aliphatic carbocycles. The van der Waals surface area contributed by atoms with Crippen LogP contribution in [0, 0.1) is 0 Å². The van der Waals surface area contributed by atoms with Crippen LogP contribution in [0.1, 0.15) is 53.0 Å². The SMILES string of the molecule is O=C(O)c1cc(C(=O)O)c2cc(OC3CCCCC3)ccc2n1. The average molecular weight is 315 g/mol. The number of carbonyl (C=O) groups is 2. The van der Waals surface area contributed by atoms with E-state index in [0.717, 1.165) is 31.7 Å². The lowest BCUT2D eigenvalue weighted by Gasteiger charge is -2.23. The lowest BCUT2D eigenvalue weighted by atomic mass is 9.98. The summed E-state index contributed by atoms with van der Waals surface area (Å²) in [6, 6.07) is 6.02. The summed E-state index contributed by atoms with van der Waals surface area (Å²) < 4.78 is 5.94. The molecule has 120 valence electrons. The van der Waals surface area contributed by atoms with Gasteiger partial charge < -0.3 is 14.9 Å². The monoisotopic (exact) mass is 315 g/mol. The van der Waals surface area contributed by atoms with E-state index in [1.54, 1.807) is 18.2 Å². The zero-order valence-corrected chi connectivity index (χ0v) is 12.5. The maximum atomic E-state index is 11.4. The molecule has 2 N–H and O–H groups in total. The Kier molecular flexibility index (Phi) is 4.14. The van der Waals surface area contributed by atoms with Gasteiger partial charge in [-0.05, 0) is 49.9 Å². The Labute approximate surface area is 132 Å². The zero-order chi connectivity index (χ0) is 16.4. The Morgan fingerprint density at radius 2 is 1.78 bits per heavy atom. The van der Waals surface area contributed by atoms with Crippen LogP contribution in [-0.4, -0.2) is 33.2 Å². The molecule has 0 spiro atoms. The molecule has 1 aromatic heterocycles. The Morgan fingerprint density at radius 3 is 2.43 bits per heavy atom. The van der Waals surface area contributed by atoms with Crippen molar-refractivity contribution in [1.82, 2.24) is 4.98 Å². The number of benzene rings is 1. The van der Waals surface area contributed by atoms with E-state index in [4.69, 9.17) is 9.84 Å². The topological polar surface area (TPSA) is 96.7 Å². The van der Waals surface area contributed by atoms with Gasteiger partial charge in [0.15, 0.2) is 0 Å². The van der Waals surface area contributed by atoms with E-state index in [-0.39, 0.29) is 17.4 Å². The lowest BCUT2D eigenvalue weighted by molar-refractivity contribution is 0.0691. The first-order valence-corrected chi connectivity index (χ1v) is 7.62. The molecule has 0 unspecified atom stereocenters. The summed E-state index contributed by atoms with van der Waals surface area (Å²) in [5.41, 5.74) is -0.0318. The fourth-order valence-corrected chi connectivity index (χ4v) is 2.94. The van der Waals surface area contributed by atoms with Gasteiger partial charge in [0.05, 0.1) is 17.2 Å². The molecule has 6 heteroatoms. The van der Waals surface area contributed by atoms with Crippen molar-refractivity contribution in [2.45, 2.75) is 38.2 Å². The van der Waals surface area contributed by atoms with Crippen molar-refractivity contribution in [1.29, 1.82) is 0 Å². The van der Waals surface area contributed by atoms with Crippen LogP contribution < -0.4 is 4.74 Å². The summed E-state index contributed by atoms with van der Waals surface area (Å²) in [4.78, 5) is 26.5. The van der Waals surface area contributed by atoms with E-state index in [2.05, 4.69) is 4.98 Å². The van der Waals surface area contributed by atoms with E-state index in [9.17, 15) is 14.7 Å². The first kappa shape index (κ1) is 15.3. The second-order valence-electron chi connectivity index (χ2n) is 5.72. The van der Waals surface area contributed by atoms with Crippen LogP contribution in [0.5, 0.6) is 5.75 Å². The molecule has 1 heterocycles. The van der Waals surface area contributed by atoms with Gasteiger partial charge in [0, 0.05) is 5.39 Å². The predicted molar refractivity (Wildman–Crippen MR) is 83.2 cm³/mol. The smallest absolute Gasteiger partial charge is 0.354 e. The number of ether oxygens (including phenoxy) is 1. The number of hydrogen-bond acceptors (Lipinski definition) is 4. The molecule has 0 aliphatic heterocycles. The number of rotatable bonds is 4. The number of fused-ring (bicyclic) bond motifs is 1. The largest absolute Gasteiger partial charge is 0.490 e. The number of pyridine rings is 1. The molecule has 1 aliphatic rings. The summed E-state index contributed by atoms with van der Waals surface area (Å²) >= 11 is 0. The highest BCUT2D eigenvalue weighted by Gasteiger charge is 2.18. The lowest BCUT2D eigenvalue weighted by Crippen LogP contribution is -2.19. The Hall–Kier alpha value is -2.63. The van der Waals surface area contributed by atoms with Crippen molar-refractivity contribution in [2.75, 3.05) is 0 Å². The highest BCUT2D eigenvalue weighted by molar-refractivity contribution is 6.05. The normalized spacial score (nSPS) is 15.5. The van der Waals surface area contributed by atoms with Gasteiger partial charge in [-0.1, -0.05) is 6.42 Å². The van der Waals surface area contributed by atoms with Crippen LogP contribution in [0.4, 0.5) is 0 Å². The number of aromatic carboxylic acids is 2. The van der Waals surface area contributed by atoms with E-state index in [1.165, 1.54) is 6.42 Å². The minimum Gasteiger partial charge on any atom is -0.490 e. The van der Waals surface area contributed by atoms with Crippen molar-refractivity contribution in [3.8, 4) is 5.75 Å². The molecular weight excluding hydrogens is 298 g/mol. The van der Waals surface area contributed by atoms with Gasteiger partial charge in [-0.15, -0.1) is 0 Å². The van der Waals surface area contributed by atoms with Crippen LogP contribution >= 0.6 is 0 Å². The Morgan fingerprint density at radius 1 is 1.04 bits per heavy atom. The summed E-state index contributed by atoms with van der Waals surface area (Å²) in [5, 5.41) is 18.8. The van der Waals surface area contributed by atoms with Gasteiger partial charge >= 0.3 is 11.9 Å². The van der Waals surface area contributed by atoms with Gasteiger partial charge in [-0.3, -0.25) is 0 Å². The summed E-state index contributed by atoms with van der Waals surface area (Å²) in [7, 11) is 0. The fraction of sp³-hybridized carbons (Fsp3) is 0.353. The molecule has 1 fully saturated rings. The fourth-order valence-electron chi connectivity index (χ4n) is 2.94. The molecule has 1 saturated carbocycles. The third kappa shape index (κ3) is 3.26. The van der Waals surface area contributed by atoms with E-state index in [1.807, 2.05) is 0 Å². The third-order valence-corrected chi connectivity index (χ3v) is 4.08. The van der Waals surface area contributed by atoms with Crippen molar-refractivity contribution >= 4 is 22.8 Å². The summed E-state index contributed by atoms with van der Waals surface area (Å²) in [5.74, 6) is -1.84. The highest BCUT2D eigenvalue weighted by Crippen LogP contribution is 2.27. The van der Waals surface area contributed by atoms with Crippen LogP contribution in [-0.2, 0) is 0 Å². The minimum absolute atomic E-state index is 0.0819. The minimum atomic E-state index is -1.25. The Balaban J connectivity index is 2.00. The molecule has 1 aromatic carbocycles. The molecule has 3 rings (SSSR count). The second-order valence-corrected chi connectivity index (χ2v) is 5.72.